The highest BCUT2D eigenvalue weighted by atomic mass is 16.5. The van der Waals surface area contributed by atoms with Crippen LogP contribution in [0.4, 0.5) is 11.4 Å². The first-order chi connectivity index (χ1) is 28.3. The Morgan fingerprint density at radius 3 is 0.862 bits per heavy atom. The highest BCUT2D eigenvalue weighted by Crippen LogP contribution is 2.32. The van der Waals surface area contributed by atoms with Crippen LogP contribution in [0.25, 0.3) is 11.1 Å². The van der Waals surface area contributed by atoms with Crippen molar-refractivity contribution >= 4 is 22.9 Å². The van der Waals surface area contributed by atoms with Crippen LogP contribution in [0.1, 0.15) is 31.8 Å². The first-order valence-electron chi connectivity index (χ1n) is 18.5. The molecule has 8 aromatic rings. The summed E-state index contributed by atoms with van der Waals surface area (Å²) in [6, 6.07) is 57.8. The van der Waals surface area contributed by atoms with Crippen LogP contribution in [-0.2, 0) is 0 Å². The predicted molar refractivity (Wildman–Crippen MR) is 227 cm³/mol. The van der Waals surface area contributed by atoms with Gasteiger partial charge in [0.05, 0.1) is 0 Å². The Hall–Kier alpha value is -8.10. The molecule has 0 aliphatic rings. The van der Waals surface area contributed by atoms with Crippen molar-refractivity contribution in [2.45, 2.75) is 0 Å². The number of carbonyl (C=O) groups is 2. The predicted octanol–water partition coefficient (Wildman–Crippen LogP) is 12.1. The average molecular weight is 761 g/mol. The normalized spacial score (nSPS) is 10.7. The Morgan fingerprint density at radius 2 is 0.569 bits per heavy atom. The van der Waals surface area contributed by atoms with Crippen LogP contribution in [0.2, 0.25) is 0 Å². The quantitative estimate of drug-likeness (QED) is 0.0879. The molecule has 8 nitrogen and oxygen atoms in total. The molecule has 282 valence electrons. The van der Waals surface area contributed by atoms with Crippen LogP contribution >= 0.6 is 0 Å². The molecule has 0 bridgehead atoms. The lowest BCUT2D eigenvalue weighted by Crippen LogP contribution is -2.07. The fourth-order valence-electron chi connectivity index (χ4n) is 6.20. The Labute approximate surface area is 335 Å². The van der Waals surface area contributed by atoms with Crippen molar-refractivity contribution in [3.8, 4) is 57.1 Å². The summed E-state index contributed by atoms with van der Waals surface area (Å²) in [6.45, 7) is 0. The molecule has 8 aromatic carbocycles. The molecule has 0 amide bonds. The molecular weight excluding hydrogens is 725 g/mol. The van der Waals surface area contributed by atoms with E-state index in [1.54, 1.807) is 72.8 Å². The number of benzene rings is 8. The lowest BCUT2D eigenvalue weighted by molar-refractivity contribution is 0.103. The number of rotatable bonds is 13. The molecule has 8 rings (SSSR count). The van der Waals surface area contributed by atoms with Crippen molar-refractivity contribution in [2.24, 2.45) is 0 Å². The van der Waals surface area contributed by atoms with E-state index in [0.29, 0.717) is 79.3 Å². The van der Waals surface area contributed by atoms with Crippen LogP contribution in [0.15, 0.2) is 194 Å². The number of anilines is 2. The second-order valence-electron chi connectivity index (χ2n) is 13.3. The van der Waals surface area contributed by atoms with Crippen molar-refractivity contribution in [1.29, 1.82) is 0 Å². The van der Waals surface area contributed by atoms with Crippen molar-refractivity contribution in [2.75, 3.05) is 11.5 Å². The molecule has 58 heavy (non-hydrogen) atoms. The van der Waals surface area contributed by atoms with Gasteiger partial charge in [-0.25, -0.2) is 0 Å². The molecule has 8 heteroatoms. The molecule has 0 fully saturated rings. The smallest absolute Gasteiger partial charge is 0.195 e. The summed E-state index contributed by atoms with van der Waals surface area (Å²) < 4.78 is 23.7. The molecule has 0 aliphatic heterocycles. The third kappa shape index (κ3) is 8.72. The number of ketones is 2. The van der Waals surface area contributed by atoms with Gasteiger partial charge in [-0.3, -0.25) is 9.59 Å². The molecule has 0 unspecified atom stereocenters. The summed E-state index contributed by atoms with van der Waals surface area (Å²) >= 11 is 0. The summed E-state index contributed by atoms with van der Waals surface area (Å²) in [5.41, 5.74) is 16.3. The van der Waals surface area contributed by atoms with Crippen LogP contribution in [0, 0.1) is 0 Å². The van der Waals surface area contributed by atoms with Gasteiger partial charge in [-0.15, -0.1) is 0 Å². The molecule has 0 aromatic heterocycles. The zero-order valence-electron chi connectivity index (χ0n) is 31.1. The van der Waals surface area contributed by atoms with Gasteiger partial charge in [-0.1, -0.05) is 48.5 Å². The fraction of sp³-hybridized carbons (Fsp3) is 0. The number of hydrogen-bond donors (Lipinski definition) is 2. The number of nitrogen functional groups attached to an aromatic ring is 2. The highest BCUT2D eigenvalue weighted by molar-refractivity contribution is 6.14. The largest absolute Gasteiger partial charge is 0.457 e. The zero-order valence-corrected chi connectivity index (χ0v) is 31.1. The van der Waals surface area contributed by atoms with Crippen LogP contribution in [-0.4, -0.2) is 11.6 Å². The molecule has 0 spiro atoms. The van der Waals surface area contributed by atoms with E-state index in [9.17, 15) is 9.59 Å². The Morgan fingerprint density at radius 1 is 0.310 bits per heavy atom. The van der Waals surface area contributed by atoms with Gasteiger partial charge in [-0.05, 0) is 157 Å². The van der Waals surface area contributed by atoms with Gasteiger partial charge in [0.15, 0.2) is 11.6 Å². The fourth-order valence-corrected chi connectivity index (χ4v) is 6.20. The maximum absolute atomic E-state index is 13.7. The molecule has 0 heterocycles. The minimum absolute atomic E-state index is 0.251. The molecule has 0 aliphatic carbocycles. The minimum atomic E-state index is -0.251. The van der Waals surface area contributed by atoms with E-state index in [1.165, 1.54) is 0 Å². The van der Waals surface area contributed by atoms with Gasteiger partial charge in [-0.2, -0.15) is 0 Å². The van der Waals surface area contributed by atoms with E-state index in [1.807, 2.05) is 121 Å². The second kappa shape index (κ2) is 16.7. The zero-order chi connectivity index (χ0) is 39.8. The average Bonchev–Trinajstić information content (AvgIpc) is 3.26. The van der Waals surface area contributed by atoms with E-state index in [4.69, 9.17) is 30.4 Å². The maximum Gasteiger partial charge on any atom is 0.195 e. The van der Waals surface area contributed by atoms with Crippen LogP contribution < -0.4 is 30.4 Å². The van der Waals surface area contributed by atoms with Gasteiger partial charge in [0.1, 0.15) is 46.0 Å². The topological polar surface area (TPSA) is 123 Å². The van der Waals surface area contributed by atoms with Crippen molar-refractivity contribution < 1.29 is 28.5 Å². The Bertz CT molecular complexity index is 2490. The number of para-hydroxylation sites is 2. The van der Waals surface area contributed by atoms with Gasteiger partial charge >= 0.3 is 0 Å². The standard InChI is InChI=1S/C50H36N2O6/c51-47-29-15-35(31-45(47)49(53)33-11-17-39(18-12-33)57-43-25-21-41(22-26-43)55-37-7-3-1-4-8-37)36-16-30-48(52)46(32-36)50(54)34-13-19-40(20-14-34)58-44-27-23-42(24-28-44)56-38-9-5-2-6-10-38/h1-32H,51-52H2. The number of ether oxygens (including phenoxy) is 4. The van der Waals surface area contributed by atoms with Crippen molar-refractivity contribution in [3.63, 3.8) is 0 Å². The molecule has 0 radical (unpaired) electrons. The van der Waals surface area contributed by atoms with Gasteiger partial charge in [0.25, 0.3) is 0 Å². The first-order valence-corrected chi connectivity index (χ1v) is 18.5. The van der Waals surface area contributed by atoms with E-state index in [-0.39, 0.29) is 11.6 Å². The number of carbonyl (C=O) groups excluding carboxylic acids is 2. The van der Waals surface area contributed by atoms with Crippen LogP contribution in [0.5, 0.6) is 46.0 Å². The van der Waals surface area contributed by atoms with E-state index >= 15 is 0 Å². The minimum Gasteiger partial charge on any atom is -0.457 e. The molecular formula is C50H36N2O6. The third-order valence-corrected chi connectivity index (χ3v) is 9.24. The van der Waals surface area contributed by atoms with E-state index < -0.39 is 0 Å². The summed E-state index contributed by atoms with van der Waals surface area (Å²) in [4.78, 5) is 27.4. The summed E-state index contributed by atoms with van der Waals surface area (Å²) in [7, 11) is 0. The summed E-state index contributed by atoms with van der Waals surface area (Å²) in [5, 5.41) is 0. The molecule has 4 N–H and O–H groups in total. The molecule has 0 saturated heterocycles. The lowest BCUT2D eigenvalue weighted by atomic mass is 9.94. The van der Waals surface area contributed by atoms with Crippen LogP contribution in [0.3, 0.4) is 0 Å². The van der Waals surface area contributed by atoms with E-state index in [0.717, 1.165) is 11.5 Å². The van der Waals surface area contributed by atoms with Gasteiger partial charge < -0.3 is 30.4 Å². The van der Waals surface area contributed by atoms with Gasteiger partial charge in [0, 0.05) is 33.6 Å². The van der Waals surface area contributed by atoms with Gasteiger partial charge in [0.2, 0.25) is 0 Å². The second-order valence-corrected chi connectivity index (χ2v) is 13.3. The summed E-state index contributed by atoms with van der Waals surface area (Å²) in [5.74, 6) is 4.74. The number of nitrogens with two attached hydrogens (primary N) is 2. The molecule has 0 saturated carbocycles. The monoisotopic (exact) mass is 760 g/mol. The maximum atomic E-state index is 13.7. The van der Waals surface area contributed by atoms with Crippen molar-refractivity contribution in [3.05, 3.63) is 216 Å². The third-order valence-electron chi connectivity index (χ3n) is 9.24. The Balaban J connectivity index is 0.921. The molecule has 0 atom stereocenters. The number of hydrogen-bond acceptors (Lipinski definition) is 8. The summed E-state index contributed by atoms with van der Waals surface area (Å²) in [6.07, 6.45) is 0. The first kappa shape index (κ1) is 36.9. The SMILES string of the molecule is Nc1ccc(-c2ccc(N)c(C(=O)c3ccc(Oc4ccc(Oc5ccccc5)cc4)cc3)c2)cc1C(=O)c1ccc(Oc2ccc(Oc3ccccc3)cc2)cc1. The van der Waals surface area contributed by atoms with Crippen molar-refractivity contribution in [1.82, 2.24) is 0 Å². The highest BCUT2D eigenvalue weighted by Gasteiger charge is 2.18. The lowest BCUT2D eigenvalue weighted by Gasteiger charge is -2.12. The Kier molecular flexibility index (Phi) is 10.6. The van der Waals surface area contributed by atoms with E-state index in [2.05, 4.69) is 0 Å².